The third-order valence-corrected chi connectivity index (χ3v) is 4.33. The van der Waals surface area contributed by atoms with Crippen molar-refractivity contribution in [2.75, 3.05) is 6.61 Å². The molecule has 1 aliphatic heterocycles. The summed E-state index contributed by atoms with van der Waals surface area (Å²) in [6.45, 7) is 5.38. The average Bonchev–Trinajstić information content (AvgIpc) is 3.28. The van der Waals surface area contributed by atoms with Gasteiger partial charge in [-0.05, 0) is 38.5 Å². The predicted molar refractivity (Wildman–Crippen MR) is 86.0 cm³/mol. The minimum atomic E-state index is -0.186. The molecule has 3 aromatic rings. The van der Waals surface area contributed by atoms with Gasteiger partial charge in [0.15, 0.2) is 0 Å². The predicted octanol–water partition coefficient (Wildman–Crippen LogP) is 2.72. The molecule has 0 aromatic carbocycles. The van der Waals surface area contributed by atoms with Gasteiger partial charge in [0.25, 0.3) is 0 Å². The topological polar surface area (TPSA) is 78.9 Å². The zero-order valence-corrected chi connectivity index (χ0v) is 13.7. The lowest BCUT2D eigenvalue weighted by Crippen LogP contribution is -2.15. The minimum absolute atomic E-state index is 0.186. The van der Waals surface area contributed by atoms with Crippen LogP contribution >= 0.6 is 0 Å². The number of aromatic nitrogens is 5. The van der Waals surface area contributed by atoms with Crippen molar-refractivity contribution in [2.45, 2.75) is 32.9 Å². The largest absolute Gasteiger partial charge is 0.418 e. The average molecular weight is 325 g/mol. The van der Waals surface area contributed by atoms with Gasteiger partial charge in [-0.1, -0.05) is 0 Å². The molecule has 24 heavy (non-hydrogen) atoms. The minimum Gasteiger partial charge on any atom is -0.418 e. The molecular formula is C17H19N5O2. The van der Waals surface area contributed by atoms with Crippen molar-refractivity contribution in [1.29, 1.82) is 0 Å². The van der Waals surface area contributed by atoms with Crippen molar-refractivity contribution >= 4 is 0 Å². The summed E-state index contributed by atoms with van der Waals surface area (Å²) in [7, 11) is 0. The standard InChI is InChI=1S/C17H19N5O2/c1-11-4-5-14(12(2)19-11)16-20-21-17(24-16)15-13(6-9-23-15)10-22-8-3-7-18-22/h3-5,7-8,13,15H,6,9-10H2,1-2H3/t13-,15-/m0/s1. The molecule has 7 heteroatoms. The maximum absolute atomic E-state index is 5.91. The first-order valence-corrected chi connectivity index (χ1v) is 8.08. The van der Waals surface area contributed by atoms with Crippen LogP contribution in [-0.4, -0.2) is 31.6 Å². The Labute approximate surface area is 139 Å². The highest BCUT2D eigenvalue weighted by molar-refractivity contribution is 5.55. The molecule has 3 aromatic heterocycles. The zero-order valence-electron chi connectivity index (χ0n) is 13.7. The Kier molecular flexibility index (Phi) is 3.86. The van der Waals surface area contributed by atoms with Gasteiger partial charge < -0.3 is 9.15 Å². The van der Waals surface area contributed by atoms with Crippen molar-refractivity contribution in [3.05, 3.63) is 47.9 Å². The number of hydrogen-bond acceptors (Lipinski definition) is 6. The molecule has 0 bridgehead atoms. The second kappa shape index (κ2) is 6.16. The molecule has 0 aliphatic carbocycles. The molecule has 124 valence electrons. The van der Waals surface area contributed by atoms with E-state index in [1.54, 1.807) is 6.20 Å². The summed E-state index contributed by atoms with van der Waals surface area (Å²) in [4.78, 5) is 4.45. The van der Waals surface area contributed by atoms with Crippen LogP contribution in [0.3, 0.4) is 0 Å². The number of hydrogen-bond donors (Lipinski definition) is 0. The maximum atomic E-state index is 5.91. The zero-order chi connectivity index (χ0) is 16.5. The van der Waals surface area contributed by atoms with Crippen LogP contribution in [-0.2, 0) is 11.3 Å². The molecule has 1 fully saturated rings. The van der Waals surface area contributed by atoms with Gasteiger partial charge in [-0.2, -0.15) is 5.10 Å². The van der Waals surface area contributed by atoms with E-state index in [0.29, 0.717) is 18.4 Å². The number of pyridine rings is 1. The van der Waals surface area contributed by atoms with E-state index in [-0.39, 0.29) is 12.0 Å². The summed E-state index contributed by atoms with van der Waals surface area (Å²) in [6, 6.07) is 5.83. The lowest BCUT2D eigenvalue weighted by Gasteiger charge is -2.14. The summed E-state index contributed by atoms with van der Waals surface area (Å²) >= 11 is 0. The summed E-state index contributed by atoms with van der Waals surface area (Å²) in [5, 5.41) is 12.7. The molecule has 0 spiro atoms. The molecule has 0 amide bonds. The highest BCUT2D eigenvalue weighted by atomic mass is 16.5. The molecule has 0 radical (unpaired) electrons. The van der Waals surface area contributed by atoms with Crippen LogP contribution in [0.4, 0.5) is 0 Å². The van der Waals surface area contributed by atoms with E-state index in [1.165, 1.54) is 0 Å². The Bertz CT molecular complexity index is 827. The summed E-state index contributed by atoms with van der Waals surface area (Å²) in [5.41, 5.74) is 2.71. The van der Waals surface area contributed by atoms with Gasteiger partial charge in [0.1, 0.15) is 6.10 Å². The number of rotatable bonds is 4. The van der Waals surface area contributed by atoms with E-state index in [1.807, 2.05) is 42.9 Å². The molecule has 0 unspecified atom stereocenters. The molecule has 7 nitrogen and oxygen atoms in total. The van der Waals surface area contributed by atoms with E-state index in [0.717, 1.165) is 29.9 Å². The Morgan fingerprint density at radius 3 is 2.96 bits per heavy atom. The summed E-state index contributed by atoms with van der Waals surface area (Å²) in [5.74, 6) is 1.29. The third kappa shape index (κ3) is 2.82. The highest BCUT2D eigenvalue weighted by Crippen LogP contribution is 2.36. The Morgan fingerprint density at radius 1 is 1.25 bits per heavy atom. The van der Waals surface area contributed by atoms with E-state index < -0.39 is 0 Å². The quantitative estimate of drug-likeness (QED) is 0.734. The van der Waals surface area contributed by atoms with Crippen LogP contribution in [0.15, 0.2) is 35.0 Å². The van der Waals surface area contributed by atoms with Crippen molar-refractivity contribution in [3.63, 3.8) is 0 Å². The Hall–Kier alpha value is -2.54. The Balaban J connectivity index is 1.57. The van der Waals surface area contributed by atoms with Crippen molar-refractivity contribution in [2.24, 2.45) is 5.92 Å². The van der Waals surface area contributed by atoms with Gasteiger partial charge in [0.05, 0.1) is 11.3 Å². The molecular weight excluding hydrogens is 306 g/mol. The van der Waals surface area contributed by atoms with Crippen molar-refractivity contribution in [1.82, 2.24) is 25.0 Å². The van der Waals surface area contributed by atoms with E-state index in [9.17, 15) is 0 Å². The van der Waals surface area contributed by atoms with Crippen LogP contribution in [0.5, 0.6) is 0 Å². The first-order chi connectivity index (χ1) is 11.7. The van der Waals surface area contributed by atoms with Gasteiger partial charge in [-0.25, -0.2) is 0 Å². The smallest absolute Gasteiger partial charge is 0.249 e. The van der Waals surface area contributed by atoms with Gasteiger partial charge >= 0.3 is 0 Å². The molecule has 1 aliphatic rings. The second-order valence-electron chi connectivity index (χ2n) is 6.10. The van der Waals surface area contributed by atoms with Gasteiger partial charge in [-0.15, -0.1) is 10.2 Å². The lowest BCUT2D eigenvalue weighted by atomic mass is 10.0. The second-order valence-corrected chi connectivity index (χ2v) is 6.10. The van der Waals surface area contributed by atoms with Gasteiger partial charge in [0.2, 0.25) is 11.8 Å². The lowest BCUT2D eigenvalue weighted by molar-refractivity contribution is 0.0634. The van der Waals surface area contributed by atoms with E-state index >= 15 is 0 Å². The van der Waals surface area contributed by atoms with Crippen LogP contribution in [0, 0.1) is 19.8 Å². The fraction of sp³-hybridized carbons (Fsp3) is 0.412. The van der Waals surface area contributed by atoms with Gasteiger partial charge in [-0.3, -0.25) is 9.67 Å². The number of aryl methyl sites for hydroxylation is 2. The molecule has 0 N–H and O–H groups in total. The van der Waals surface area contributed by atoms with E-state index in [4.69, 9.17) is 9.15 Å². The number of ether oxygens (including phenoxy) is 1. The monoisotopic (exact) mass is 325 g/mol. The Morgan fingerprint density at radius 2 is 2.17 bits per heavy atom. The van der Waals surface area contributed by atoms with Crippen LogP contribution in [0.2, 0.25) is 0 Å². The van der Waals surface area contributed by atoms with Crippen LogP contribution < -0.4 is 0 Å². The van der Waals surface area contributed by atoms with Crippen molar-refractivity contribution < 1.29 is 9.15 Å². The molecule has 1 saturated heterocycles. The fourth-order valence-corrected chi connectivity index (χ4v) is 3.11. The van der Waals surface area contributed by atoms with Crippen molar-refractivity contribution in [3.8, 4) is 11.5 Å². The molecule has 2 atom stereocenters. The molecule has 0 saturated carbocycles. The summed E-state index contributed by atoms with van der Waals surface area (Å²) in [6.07, 6.45) is 4.50. The van der Waals surface area contributed by atoms with Crippen LogP contribution in [0.1, 0.15) is 29.8 Å². The SMILES string of the molecule is Cc1ccc(-c2nnc([C@H]3OCC[C@H]3Cn3cccn3)o2)c(C)n1. The molecule has 4 heterocycles. The summed E-state index contributed by atoms with van der Waals surface area (Å²) < 4.78 is 13.7. The van der Waals surface area contributed by atoms with Crippen LogP contribution in [0.25, 0.3) is 11.5 Å². The third-order valence-electron chi connectivity index (χ3n) is 4.33. The highest BCUT2D eigenvalue weighted by Gasteiger charge is 2.34. The van der Waals surface area contributed by atoms with E-state index in [2.05, 4.69) is 20.3 Å². The first-order valence-electron chi connectivity index (χ1n) is 8.08. The number of nitrogens with zero attached hydrogens (tertiary/aromatic N) is 5. The fourth-order valence-electron chi connectivity index (χ4n) is 3.11. The molecule has 4 rings (SSSR count). The van der Waals surface area contributed by atoms with Gasteiger partial charge in [0, 0.05) is 37.2 Å². The normalized spacial score (nSPS) is 20.6. The maximum Gasteiger partial charge on any atom is 0.249 e. The first kappa shape index (κ1) is 15.0.